The largest absolute Gasteiger partial charge is 0.480 e. The molecule has 30 heteroatoms. The first-order chi connectivity index (χ1) is 49.4. The number of carbonyl (C=O) groups excluding carboxylic acids is 10. The maximum Gasteiger partial charge on any atom is 0.327 e. The number of benzene rings is 6. The minimum absolute atomic E-state index is 0.0289. The molecular weight excluding hydrogens is 1360 g/mol. The predicted octanol–water partition coefficient (Wildman–Crippen LogP) is -0.650. The van der Waals surface area contributed by atoms with Crippen molar-refractivity contribution in [2.45, 2.75) is 150 Å². The summed E-state index contributed by atoms with van der Waals surface area (Å²) in [6.45, 7) is 1.60. The number of carbonyl (C=O) groups is 11. The SMILES string of the molecule is C[C@@H](O)[C@@H]1NC(=O)C(Cc2ccccc2)NC(=O)[C@H]([C@@H](C)O)NC(=O)C(Cc2ccc(CN)cc2)NC(=O)[C@@H](Cc2ccc3ccccc3c2)NC(=O)C(Cc2ccccc2)NC(=O)[C@H](Cc2ccccc2)NC(=O)[C@H](CCCCN)NC(=O)[C@@H](N)CSSC[C@@H](C(=O)O)NC(=O)C(CO)NC1=O. The molecule has 1 saturated heterocycles. The van der Waals surface area contributed by atoms with Gasteiger partial charge in [-0.2, -0.15) is 0 Å². The Morgan fingerprint density at radius 3 is 1.18 bits per heavy atom. The molecule has 1 aliphatic heterocycles. The Morgan fingerprint density at radius 2 is 0.757 bits per heavy atom. The minimum Gasteiger partial charge on any atom is -0.480 e. The molecule has 1 fully saturated rings. The monoisotopic (exact) mass is 1450 g/mol. The van der Waals surface area contributed by atoms with Crippen molar-refractivity contribution >= 4 is 97.4 Å². The minimum atomic E-state index is -1.91. The van der Waals surface area contributed by atoms with Crippen LogP contribution in [0.15, 0.2) is 158 Å². The van der Waals surface area contributed by atoms with E-state index in [1.807, 2.05) is 36.4 Å². The summed E-state index contributed by atoms with van der Waals surface area (Å²) in [5, 5.41) is 70.5. The van der Waals surface area contributed by atoms with Crippen LogP contribution in [0.3, 0.4) is 0 Å². The normalized spacial score (nSPS) is 23.9. The molecule has 28 nitrogen and oxygen atoms in total. The van der Waals surface area contributed by atoms with Crippen molar-refractivity contribution in [2.75, 3.05) is 24.7 Å². The Kier molecular flexibility index (Phi) is 31.9. The molecule has 0 spiro atoms. The molecule has 103 heavy (non-hydrogen) atoms. The highest BCUT2D eigenvalue weighted by atomic mass is 33.1. The molecule has 10 amide bonds. The number of hydrogen-bond donors (Lipinski definition) is 17. The third-order valence-electron chi connectivity index (χ3n) is 17.0. The number of nitrogens with two attached hydrogens (primary N) is 3. The molecule has 1 aliphatic rings. The van der Waals surface area contributed by atoms with Crippen molar-refractivity contribution < 1.29 is 73.2 Å². The van der Waals surface area contributed by atoms with E-state index in [1.54, 1.807) is 121 Å². The number of rotatable bonds is 19. The number of aliphatic carboxylic acids is 1. The van der Waals surface area contributed by atoms with Crippen LogP contribution >= 0.6 is 21.6 Å². The van der Waals surface area contributed by atoms with E-state index < -0.39 is 150 Å². The van der Waals surface area contributed by atoms with Crippen molar-refractivity contribution in [3.05, 3.63) is 191 Å². The van der Waals surface area contributed by atoms with Gasteiger partial charge in [0.25, 0.3) is 0 Å². The number of carboxylic acids is 1. The second-order valence-electron chi connectivity index (χ2n) is 25.1. The Bertz CT molecular complexity index is 3850. The van der Waals surface area contributed by atoms with Crippen LogP contribution in [0.4, 0.5) is 0 Å². The van der Waals surface area contributed by atoms with Crippen LogP contribution < -0.4 is 70.4 Å². The van der Waals surface area contributed by atoms with Gasteiger partial charge in [0.2, 0.25) is 59.1 Å². The zero-order valence-electron chi connectivity index (χ0n) is 57.0. The molecule has 4 unspecified atom stereocenters. The standard InChI is InChI=1S/C73H91N13O15S2/c1-42(88)61-71(98)82-57(35-46-20-10-5-11-21-46)69(96)86-62(43(2)89)72(99)83-59(39-87)70(97)84-60(73(100)101)41-103-102-40-52(76)63(90)77-53(24-14-15-31-74)64(91)78-54(33-44-16-6-3-7-17-44)65(92)79-55(34-45-18-8-4-9-19-45)66(93)81-58(37-49-29-30-50-22-12-13-23-51(50)32-49)67(94)80-56(68(95)85-61)36-47-25-27-48(38-75)28-26-47/h3-13,16-23,25-30,32,42-43,52-62,87-89H,14-15,24,31,33-41,74-76H2,1-2H3,(H,77,90)(H,78,91)(H,79,92)(H,80,94)(H,81,93)(H,82,98)(H,83,99)(H,84,97)(H,85,95)(H,86,96)(H,100,101)/t42-,43-,52+,53+,54+,55?,56?,57?,58-,59?,60+,61+,62+/m1/s1. The second-order valence-corrected chi connectivity index (χ2v) is 27.7. The number of unbranched alkanes of at least 4 members (excludes halogenated alkanes) is 1. The number of amides is 10. The summed E-state index contributed by atoms with van der Waals surface area (Å²) in [5.74, 6) is -12.0. The zero-order valence-corrected chi connectivity index (χ0v) is 58.7. The van der Waals surface area contributed by atoms with Crippen molar-refractivity contribution in [3.8, 4) is 0 Å². The van der Waals surface area contributed by atoms with Crippen LogP contribution in [0.2, 0.25) is 0 Å². The molecule has 1 heterocycles. The van der Waals surface area contributed by atoms with Crippen LogP contribution in [-0.2, 0) is 91.4 Å². The number of aliphatic hydroxyl groups is 3. The van der Waals surface area contributed by atoms with E-state index in [0.29, 0.717) is 40.7 Å². The first-order valence-corrected chi connectivity index (χ1v) is 36.2. The quantitative estimate of drug-likeness (QED) is 0.0354. The molecule has 0 bridgehead atoms. The average molecular weight is 1450 g/mol. The van der Waals surface area contributed by atoms with E-state index in [9.17, 15) is 54.0 Å². The molecule has 0 saturated carbocycles. The van der Waals surface area contributed by atoms with Gasteiger partial charge in [-0.05, 0) is 83.8 Å². The molecule has 6 aromatic carbocycles. The topological polar surface area (TPSA) is 467 Å². The Labute approximate surface area is 604 Å². The van der Waals surface area contributed by atoms with Gasteiger partial charge >= 0.3 is 5.97 Å². The fourth-order valence-corrected chi connectivity index (χ4v) is 13.4. The first kappa shape index (κ1) is 80.5. The van der Waals surface area contributed by atoms with Gasteiger partial charge in [-0.3, -0.25) is 47.9 Å². The van der Waals surface area contributed by atoms with Crippen molar-refractivity contribution in [3.63, 3.8) is 0 Å². The number of carboxylic acid groups (broad SMARTS) is 1. The molecule has 550 valence electrons. The summed E-state index contributed by atoms with van der Waals surface area (Å²) >= 11 is 0. The lowest BCUT2D eigenvalue weighted by Gasteiger charge is -2.29. The molecule has 6 aromatic rings. The van der Waals surface area contributed by atoms with Gasteiger partial charge in [0.1, 0.15) is 60.4 Å². The number of nitrogens with one attached hydrogen (secondary N) is 10. The van der Waals surface area contributed by atoms with Crippen molar-refractivity contribution in [1.29, 1.82) is 0 Å². The summed E-state index contributed by atoms with van der Waals surface area (Å²) in [4.78, 5) is 159. The maximum absolute atomic E-state index is 15.4. The van der Waals surface area contributed by atoms with E-state index >= 15 is 19.2 Å². The highest BCUT2D eigenvalue weighted by Crippen LogP contribution is 2.24. The van der Waals surface area contributed by atoms with Gasteiger partial charge in [-0.25, -0.2) is 4.79 Å². The highest BCUT2D eigenvalue weighted by Gasteiger charge is 2.39. The lowest BCUT2D eigenvalue weighted by atomic mass is 9.98. The molecule has 7 rings (SSSR count). The molecular formula is C73H91N13O15S2. The second kappa shape index (κ2) is 40.7. The average Bonchev–Trinajstić information content (AvgIpc) is 0.843. The third-order valence-corrected chi connectivity index (χ3v) is 19.5. The van der Waals surface area contributed by atoms with Gasteiger partial charge in [-0.15, -0.1) is 0 Å². The molecule has 13 atom stereocenters. The van der Waals surface area contributed by atoms with Gasteiger partial charge in [0.05, 0.1) is 24.9 Å². The Morgan fingerprint density at radius 1 is 0.408 bits per heavy atom. The van der Waals surface area contributed by atoms with E-state index in [-0.39, 0.29) is 63.1 Å². The fraction of sp³-hybridized carbons (Fsp3) is 0.384. The maximum atomic E-state index is 15.4. The van der Waals surface area contributed by atoms with Gasteiger partial charge in [0.15, 0.2) is 0 Å². The number of hydrogen-bond acceptors (Lipinski definition) is 19. The van der Waals surface area contributed by atoms with Crippen molar-refractivity contribution in [2.24, 2.45) is 17.2 Å². The third kappa shape index (κ3) is 25.3. The summed E-state index contributed by atoms with van der Waals surface area (Å²) in [7, 11) is 1.83. The van der Waals surface area contributed by atoms with Gasteiger partial charge in [0, 0.05) is 50.2 Å². The summed E-state index contributed by atoms with van der Waals surface area (Å²) in [6, 6.07) is 27.5. The summed E-state index contributed by atoms with van der Waals surface area (Å²) in [5.41, 5.74) is 21.5. The van der Waals surface area contributed by atoms with Gasteiger partial charge in [-0.1, -0.05) is 179 Å². The van der Waals surface area contributed by atoms with Crippen LogP contribution in [0.5, 0.6) is 0 Å². The summed E-state index contributed by atoms with van der Waals surface area (Å²) < 4.78 is 0. The molecule has 0 radical (unpaired) electrons. The lowest BCUT2D eigenvalue weighted by Crippen LogP contribution is -2.63. The smallest absolute Gasteiger partial charge is 0.327 e. The van der Waals surface area contributed by atoms with Gasteiger partial charge < -0.3 is 90.8 Å². The number of fused-ring (bicyclic) bond motifs is 1. The van der Waals surface area contributed by atoms with Crippen LogP contribution in [0.25, 0.3) is 10.8 Å². The summed E-state index contributed by atoms with van der Waals surface area (Å²) in [6.07, 6.45) is -3.70. The van der Waals surface area contributed by atoms with E-state index in [0.717, 1.165) is 44.8 Å². The zero-order chi connectivity index (χ0) is 74.5. The van der Waals surface area contributed by atoms with Crippen LogP contribution in [0, 0.1) is 0 Å². The van der Waals surface area contributed by atoms with E-state index in [1.165, 1.54) is 6.92 Å². The van der Waals surface area contributed by atoms with Crippen LogP contribution in [0.1, 0.15) is 66.5 Å². The first-order valence-electron chi connectivity index (χ1n) is 33.7. The van der Waals surface area contributed by atoms with Crippen molar-refractivity contribution in [1.82, 2.24) is 53.2 Å². The van der Waals surface area contributed by atoms with Crippen LogP contribution in [-0.4, -0.2) is 189 Å². The highest BCUT2D eigenvalue weighted by molar-refractivity contribution is 8.76. The molecule has 20 N–H and O–H groups in total. The number of aliphatic hydroxyl groups excluding tert-OH is 3. The fourth-order valence-electron chi connectivity index (χ4n) is 11.2. The Balaban J connectivity index is 1.31. The van der Waals surface area contributed by atoms with E-state index in [4.69, 9.17) is 17.2 Å². The molecule has 0 aliphatic carbocycles. The molecule has 0 aromatic heterocycles. The Hall–Kier alpha value is -9.79. The van der Waals surface area contributed by atoms with E-state index in [2.05, 4.69) is 53.2 Å². The predicted molar refractivity (Wildman–Crippen MR) is 389 cm³/mol. The lowest BCUT2D eigenvalue weighted by molar-refractivity contribution is -0.142.